The first-order valence-corrected chi connectivity index (χ1v) is 12.2. The summed E-state index contributed by atoms with van der Waals surface area (Å²) in [7, 11) is -3.20. The number of sulfonamides is 1. The van der Waals surface area contributed by atoms with Gasteiger partial charge in [0.25, 0.3) is 0 Å². The molecule has 2 aromatic carbocycles. The van der Waals surface area contributed by atoms with Crippen LogP contribution >= 0.6 is 0 Å². The number of carbonyl (C=O) groups excluding carboxylic acids is 1. The molecular weight excluding hydrogens is 384 g/mol. The van der Waals surface area contributed by atoms with E-state index in [9.17, 15) is 13.2 Å². The second-order valence-corrected chi connectivity index (χ2v) is 10.1. The number of rotatable bonds is 5. The number of likely N-dealkylation sites (tertiary alicyclic amines) is 1. The van der Waals surface area contributed by atoms with Crippen LogP contribution in [0, 0.1) is 5.92 Å². The smallest absolute Gasteiger partial charge is 0.226 e. The van der Waals surface area contributed by atoms with Gasteiger partial charge in [0.05, 0.1) is 6.26 Å². The summed E-state index contributed by atoms with van der Waals surface area (Å²) in [6.45, 7) is 1.35. The second kappa shape index (κ2) is 8.28. The van der Waals surface area contributed by atoms with Crippen molar-refractivity contribution in [1.29, 1.82) is 0 Å². The van der Waals surface area contributed by atoms with Gasteiger partial charge in [0, 0.05) is 25.0 Å². The summed E-state index contributed by atoms with van der Waals surface area (Å²) < 4.78 is 25.6. The van der Waals surface area contributed by atoms with E-state index in [0.717, 1.165) is 25.8 Å². The topological polar surface area (TPSA) is 66.5 Å². The fourth-order valence-corrected chi connectivity index (χ4v) is 5.20. The lowest BCUT2D eigenvalue weighted by atomic mass is 10.0. The van der Waals surface area contributed by atoms with Crippen molar-refractivity contribution in [2.75, 3.05) is 19.3 Å². The number of benzene rings is 2. The SMILES string of the molecule is CS(=O)(=O)N[C@H]1CCCN(C(=O)[C@@H]2C[C@H]2c2ccc(-c3ccccc3)cc2)CC1. The van der Waals surface area contributed by atoms with Crippen molar-refractivity contribution in [2.45, 2.75) is 37.6 Å². The highest BCUT2D eigenvalue weighted by atomic mass is 32.2. The van der Waals surface area contributed by atoms with Gasteiger partial charge in [0.2, 0.25) is 15.9 Å². The molecule has 1 amide bonds. The number of hydrogen-bond acceptors (Lipinski definition) is 3. The molecule has 1 heterocycles. The molecule has 0 unspecified atom stereocenters. The van der Waals surface area contributed by atoms with E-state index in [1.54, 1.807) is 0 Å². The fraction of sp³-hybridized carbons (Fsp3) is 0.435. The highest BCUT2D eigenvalue weighted by Gasteiger charge is 2.45. The van der Waals surface area contributed by atoms with Gasteiger partial charge in [-0.05, 0) is 48.3 Å². The van der Waals surface area contributed by atoms with Crippen LogP contribution < -0.4 is 4.72 Å². The summed E-state index contributed by atoms with van der Waals surface area (Å²) in [6, 6.07) is 18.8. The van der Waals surface area contributed by atoms with E-state index in [1.807, 2.05) is 23.1 Å². The van der Waals surface area contributed by atoms with E-state index in [4.69, 9.17) is 0 Å². The Bertz CT molecular complexity index is 957. The van der Waals surface area contributed by atoms with Gasteiger partial charge in [0.1, 0.15) is 0 Å². The van der Waals surface area contributed by atoms with Crippen molar-refractivity contribution in [3.05, 3.63) is 60.2 Å². The normalized spacial score (nSPS) is 24.7. The lowest BCUT2D eigenvalue weighted by Crippen LogP contribution is -2.36. The highest BCUT2D eigenvalue weighted by molar-refractivity contribution is 7.88. The Kier molecular flexibility index (Phi) is 5.74. The summed E-state index contributed by atoms with van der Waals surface area (Å²) in [5.41, 5.74) is 3.62. The monoisotopic (exact) mass is 412 g/mol. The van der Waals surface area contributed by atoms with E-state index in [1.165, 1.54) is 22.9 Å². The maximum absolute atomic E-state index is 13.0. The number of nitrogens with zero attached hydrogens (tertiary/aromatic N) is 1. The molecule has 3 atom stereocenters. The first kappa shape index (κ1) is 20.1. The third kappa shape index (κ3) is 5.06. The van der Waals surface area contributed by atoms with E-state index < -0.39 is 10.0 Å². The Morgan fingerprint density at radius 1 is 0.966 bits per heavy atom. The number of carbonyl (C=O) groups is 1. The molecule has 0 spiro atoms. The summed E-state index contributed by atoms with van der Waals surface area (Å²) in [6.07, 6.45) is 4.40. The fourth-order valence-electron chi connectivity index (χ4n) is 4.36. The molecule has 1 saturated heterocycles. The highest BCUT2D eigenvalue weighted by Crippen LogP contribution is 2.48. The van der Waals surface area contributed by atoms with Crippen LogP contribution in [0.2, 0.25) is 0 Å². The summed E-state index contributed by atoms with van der Waals surface area (Å²) in [5, 5.41) is 0. The average Bonchev–Trinajstić information content (AvgIpc) is 3.52. The zero-order chi connectivity index (χ0) is 20.4. The van der Waals surface area contributed by atoms with Crippen molar-refractivity contribution >= 4 is 15.9 Å². The number of nitrogens with one attached hydrogen (secondary N) is 1. The molecule has 1 N–H and O–H groups in total. The maximum Gasteiger partial charge on any atom is 0.226 e. The van der Waals surface area contributed by atoms with Crippen LogP contribution in [0.3, 0.4) is 0 Å². The molecule has 5 nitrogen and oxygen atoms in total. The molecule has 1 aliphatic carbocycles. The molecule has 1 aliphatic heterocycles. The van der Waals surface area contributed by atoms with Crippen molar-refractivity contribution in [3.8, 4) is 11.1 Å². The molecule has 2 aromatic rings. The van der Waals surface area contributed by atoms with Gasteiger partial charge in [-0.2, -0.15) is 0 Å². The van der Waals surface area contributed by atoms with E-state index in [-0.39, 0.29) is 17.9 Å². The van der Waals surface area contributed by atoms with Crippen LogP contribution in [0.25, 0.3) is 11.1 Å². The van der Waals surface area contributed by atoms with Gasteiger partial charge in [-0.3, -0.25) is 4.79 Å². The van der Waals surface area contributed by atoms with Gasteiger partial charge >= 0.3 is 0 Å². The lowest BCUT2D eigenvalue weighted by molar-refractivity contribution is -0.132. The minimum atomic E-state index is -3.20. The van der Waals surface area contributed by atoms with Gasteiger partial charge in [-0.1, -0.05) is 54.6 Å². The first-order chi connectivity index (χ1) is 13.9. The maximum atomic E-state index is 13.0. The Balaban J connectivity index is 1.34. The quantitative estimate of drug-likeness (QED) is 0.819. The standard InChI is InChI=1S/C23H28N2O3S/c1-29(27,28)24-20-8-5-14-25(15-13-20)23(26)22-16-21(22)19-11-9-18(10-12-19)17-6-3-2-4-7-17/h2-4,6-7,9-12,20-22,24H,5,8,13-16H2,1H3/t20-,21-,22+/m0/s1. The number of amides is 1. The first-order valence-electron chi connectivity index (χ1n) is 10.3. The van der Waals surface area contributed by atoms with E-state index in [0.29, 0.717) is 18.9 Å². The van der Waals surface area contributed by atoms with Crippen LogP contribution in [0.15, 0.2) is 54.6 Å². The molecule has 0 bridgehead atoms. The van der Waals surface area contributed by atoms with Crippen LogP contribution in [0.5, 0.6) is 0 Å². The van der Waals surface area contributed by atoms with Crippen LogP contribution in [0.1, 0.15) is 37.2 Å². The molecule has 2 fully saturated rings. The minimum Gasteiger partial charge on any atom is -0.342 e. The molecular formula is C23H28N2O3S. The van der Waals surface area contributed by atoms with Crippen molar-refractivity contribution in [3.63, 3.8) is 0 Å². The molecule has 1 saturated carbocycles. The molecule has 154 valence electrons. The zero-order valence-electron chi connectivity index (χ0n) is 16.8. The van der Waals surface area contributed by atoms with Gasteiger partial charge in [0.15, 0.2) is 0 Å². The van der Waals surface area contributed by atoms with Crippen molar-refractivity contribution < 1.29 is 13.2 Å². The van der Waals surface area contributed by atoms with Gasteiger partial charge in [-0.25, -0.2) is 13.1 Å². The van der Waals surface area contributed by atoms with E-state index in [2.05, 4.69) is 41.1 Å². The molecule has 0 aromatic heterocycles. The zero-order valence-corrected chi connectivity index (χ0v) is 17.6. The third-order valence-corrected chi connectivity index (χ3v) is 6.74. The largest absolute Gasteiger partial charge is 0.342 e. The molecule has 6 heteroatoms. The Morgan fingerprint density at radius 2 is 1.66 bits per heavy atom. The van der Waals surface area contributed by atoms with Crippen molar-refractivity contribution in [2.24, 2.45) is 5.92 Å². The van der Waals surface area contributed by atoms with Gasteiger partial charge in [-0.15, -0.1) is 0 Å². The molecule has 4 rings (SSSR count). The predicted octanol–water partition coefficient (Wildman–Crippen LogP) is 3.39. The van der Waals surface area contributed by atoms with Crippen LogP contribution in [-0.4, -0.2) is 44.6 Å². The van der Waals surface area contributed by atoms with Crippen LogP contribution in [0.4, 0.5) is 0 Å². The Hall–Kier alpha value is -2.18. The number of hydrogen-bond donors (Lipinski definition) is 1. The Morgan fingerprint density at radius 3 is 2.34 bits per heavy atom. The minimum absolute atomic E-state index is 0.0664. The summed E-state index contributed by atoms with van der Waals surface area (Å²) >= 11 is 0. The Labute approximate surface area is 173 Å². The molecule has 29 heavy (non-hydrogen) atoms. The van der Waals surface area contributed by atoms with Crippen molar-refractivity contribution in [1.82, 2.24) is 9.62 Å². The predicted molar refractivity (Wildman–Crippen MR) is 115 cm³/mol. The van der Waals surface area contributed by atoms with E-state index >= 15 is 0 Å². The lowest BCUT2D eigenvalue weighted by Gasteiger charge is -2.21. The van der Waals surface area contributed by atoms with Gasteiger partial charge < -0.3 is 4.90 Å². The average molecular weight is 413 g/mol. The molecule has 2 aliphatic rings. The third-order valence-electron chi connectivity index (χ3n) is 5.97. The second-order valence-electron chi connectivity index (χ2n) is 8.28. The van der Waals surface area contributed by atoms with Crippen LogP contribution in [-0.2, 0) is 14.8 Å². The summed E-state index contributed by atoms with van der Waals surface area (Å²) in [4.78, 5) is 14.9. The summed E-state index contributed by atoms with van der Waals surface area (Å²) in [5.74, 6) is 0.597. The molecule has 0 radical (unpaired) electrons.